The minimum Gasteiger partial charge on any atom is -0.508 e. The summed E-state index contributed by atoms with van der Waals surface area (Å²) in [5, 5.41) is 10.1. The van der Waals surface area contributed by atoms with Crippen molar-refractivity contribution in [3.63, 3.8) is 0 Å². The highest BCUT2D eigenvalue weighted by Crippen LogP contribution is 2.43. The van der Waals surface area contributed by atoms with Crippen LogP contribution in [0.3, 0.4) is 0 Å². The van der Waals surface area contributed by atoms with Crippen molar-refractivity contribution in [1.29, 1.82) is 0 Å². The minimum absolute atomic E-state index is 0.188. The molecule has 0 aliphatic heterocycles. The third-order valence-electron chi connectivity index (χ3n) is 4.29. The van der Waals surface area contributed by atoms with Crippen molar-refractivity contribution in [2.45, 2.75) is 64.2 Å². The molecule has 0 bridgehead atoms. The van der Waals surface area contributed by atoms with E-state index in [4.69, 9.17) is 0 Å². The largest absolute Gasteiger partial charge is 0.508 e. The Morgan fingerprint density at radius 1 is 1.12 bits per heavy atom. The van der Waals surface area contributed by atoms with Crippen LogP contribution in [0.5, 0.6) is 5.75 Å². The van der Waals surface area contributed by atoms with Crippen molar-refractivity contribution in [2.24, 2.45) is 0 Å². The fourth-order valence-electron chi connectivity index (χ4n) is 3.00. The third kappa shape index (κ3) is 2.48. The smallest absolute Gasteiger partial charge is 0.119 e. The highest BCUT2D eigenvalue weighted by Gasteiger charge is 2.31. The number of hydrogen-bond acceptors (Lipinski definition) is 1. The van der Waals surface area contributed by atoms with Gasteiger partial charge in [-0.2, -0.15) is 0 Å². The Balaban J connectivity index is 2.38. The van der Waals surface area contributed by atoms with Crippen molar-refractivity contribution in [1.82, 2.24) is 0 Å². The summed E-state index contributed by atoms with van der Waals surface area (Å²) in [7, 11) is 0. The van der Waals surface area contributed by atoms with E-state index in [0.29, 0.717) is 11.7 Å². The van der Waals surface area contributed by atoms with E-state index in [-0.39, 0.29) is 5.41 Å². The molecule has 94 valence electrons. The van der Waals surface area contributed by atoms with Crippen LogP contribution in [0.1, 0.15) is 69.9 Å². The molecule has 17 heavy (non-hydrogen) atoms. The average molecular weight is 232 g/mol. The summed E-state index contributed by atoms with van der Waals surface area (Å²) < 4.78 is 0. The van der Waals surface area contributed by atoms with Crippen LogP contribution in [0.4, 0.5) is 0 Å². The topological polar surface area (TPSA) is 20.2 Å². The summed E-state index contributed by atoms with van der Waals surface area (Å²) in [6.07, 6.45) is 6.36. The van der Waals surface area contributed by atoms with Crippen LogP contribution >= 0.6 is 0 Å². The summed E-state index contributed by atoms with van der Waals surface area (Å²) in [4.78, 5) is 0. The lowest BCUT2D eigenvalue weighted by Crippen LogP contribution is -2.25. The number of aromatic hydroxyl groups is 1. The molecular weight excluding hydrogens is 208 g/mol. The summed E-state index contributed by atoms with van der Waals surface area (Å²) in [6.45, 7) is 6.73. The normalized spacial score (nSPS) is 19.5. The van der Waals surface area contributed by atoms with Crippen molar-refractivity contribution >= 4 is 0 Å². The first-order valence-electron chi connectivity index (χ1n) is 6.86. The quantitative estimate of drug-likeness (QED) is 0.781. The van der Waals surface area contributed by atoms with Gasteiger partial charge in [0.05, 0.1) is 0 Å². The molecule has 1 heteroatoms. The lowest BCUT2D eigenvalue weighted by Gasteiger charge is -2.35. The Labute approximate surface area is 105 Å². The molecule has 0 heterocycles. The van der Waals surface area contributed by atoms with E-state index in [0.717, 1.165) is 0 Å². The molecule has 0 radical (unpaired) electrons. The molecule has 1 N–H and O–H groups in total. The van der Waals surface area contributed by atoms with Crippen LogP contribution in [0.2, 0.25) is 0 Å². The van der Waals surface area contributed by atoms with Gasteiger partial charge < -0.3 is 5.11 Å². The second-order valence-corrected chi connectivity index (χ2v) is 6.05. The molecule has 0 spiro atoms. The molecule has 0 amide bonds. The zero-order valence-corrected chi connectivity index (χ0v) is 11.3. The standard InChI is InChI=1S/C16H24O/c1-12(2)13-7-8-15(17)14(11-13)16(3)9-5-4-6-10-16/h7-8,11-12,17H,4-6,9-10H2,1-3H3. The van der Waals surface area contributed by atoms with E-state index in [2.05, 4.69) is 32.9 Å². The Morgan fingerprint density at radius 2 is 1.76 bits per heavy atom. The number of rotatable bonds is 2. The molecule has 0 unspecified atom stereocenters. The minimum atomic E-state index is 0.188. The fraction of sp³-hybridized carbons (Fsp3) is 0.625. The fourth-order valence-corrected chi connectivity index (χ4v) is 3.00. The summed E-state index contributed by atoms with van der Waals surface area (Å²) in [5.74, 6) is 1.01. The summed E-state index contributed by atoms with van der Waals surface area (Å²) in [5.41, 5.74) is 2.70. The number of phenolic OH excluding ortho intramolecular Hbond substituents is 1. The summed E-state index contributed by atoms with van der Waals surface area (Å²) >= 11 is 0. The molecule has 0 atom stereocenters. The van der Waals surface area contributed by atoms with Gasteiger partial charge in [0.1, 0.15) is 5.75 Å². The van der Waals surface area contributed by atoms with E-state index in [1.54, 1.807) is 0 Å². The van der Waals surface area contributed by atoms with E-state index in [9.17, 15) is 5.11 Å². The number of hydrogen-bond donors (Lipinski definition) is 1. The van der Waals surface area contributed by atoms with Crippen molar-refractivity contribution < 1.29 is 5.11 Å². The monoisotopic (exact) mass is 232 g/mol. The molecule has 0 saturated heterocycles. The second kappa shape index (κ2) is 4.72. The molecular formula is C16H24O. The lowest BCUT2D eigenvalue weighted by atomic mass is 9.70. The Morgan fingerprint density at radius 3 is 2.35 bits per heavy atom. The second-order valence-electron chi connectivity index (χ2n) is 6.05. The van der Waals surface area contributed by atoms with Gasteiger partial charge in [-0.1, -0.05) is 52.2 Å². The van der Waals surface area contributed by atoms with Gasteiger partial charge in [0.2, 0.25) is 0 Å². The maximum absolute atomic E-state index is 10.1. The van der Waals surface area contributed by atoms with E-state index < -0.39 is 0 Å². The Bertz CT molecular complexity index is 387. The maximum atomic E-state index is 10.1. The first kappa shape index (κ1) is 12.5. The summed E-state index contributed by atoms with van der Waals surface area (Å²) in [6, 6.07) is 6.16. The van der Waals surface area contributed by atoms with Gasteiger partial charge in [-0.15, -0.1) is 0 Å². The zero-order chi connectivity index (χ0) is 12.5. The lowest BCUT2D eigenvalue weighted by molar-refractivity contribution is 0.308. The molecule has 1 aromatic carbocycles. The molecule has 1 aliphatic carbocycles. The van der Waals surface area contributed by atoms with Gasteiger partial charge in [-0.05, 0) is 35.8 Å². The van der Waals surface area contributed by atoms with Crippen LogP contribution in [-0.2, 0) is 5.41 Å². The van der Waals surface area contributed by atoms with Crippen LogP contribution in [-0.4, -0.2) is 5.11 Å². The first-order chi connectivity index (χ1) is 8.03. The van der Waals surface area contributed by atoms with Crippen molar-refractivity contribution in [2.75, 3.05) is 0 Å². The molecule has 1 aromatic rings. The van der Waals surface area contributed by atoms with Crippen molar-refractivity contribution in [3.8, 4) is 5.75 Å². The van der Waals surface area contributed by atoms with E-state index >= 15 is 0 Å². The third-order valence-corrected chi connectivity index (χ3v) is 4.29. The molecule has 1 aliphatic rings. The van der Waals surface area contributed by atoms with E-state index in [1.807, 2.05) is 6.07 Å². The molecule has 0 aromatic heterocycles. The van der Waals surface area contributed by atoms with Crippen LogP contribution < -0.4 is 0 Å². The number of benzene rings is 1. The molecule has 1 saturated carbocycles. The van der Waals surface area contributed by atoms with Gasteiger partial charge in [0.15, 0.2) is 0 Å². The predicted octanol–water partition coefficient (Wildman–Crippen LogP) is 4.74. The van der Waals surface area contributed by atoms with Gasteiger partial charge >= 0.3 is 0 Å². The predicted molar refractivity (Wildman–Crippen MR) is 72.6 cm³/mol. The zero-order valence-electron chi connectivity index (χ0n) is 11.3. The average Bonchev–Trinajstić information content (AvgIpc) is 2.30. The highest BCUT2D eigenvalue weighted by atomic mass is 16.3. The number of phenols is 1. The SMILES string of the molecule is CC(C)c1ccc(O)c(C2(C)CCCCC2)c1. The first-order valence-corrected chi connectivity index (χ1v) is 6.86. The van der Waals surface area contributed by atoms with Gasteiger partial charge in [-0.3, -0.25) is 0 Å². The van der Waals surface area contributed by atoms with Gasteiger partial charge in [0.25, 0.3) is 0 Å². The van der Waals surface area contributed by atoms with Crippen LogP contribution in [0, 0.1) is 0 Å². The Kier molecular flexibility index (Phi) is 3.46. The van der Waals surface area contributed by atoms with Crippen molar-refractivity contribution in [3.05, 3.63) is 29.3 Å². The van der Waals surface area contributed by atoms with Crippen LogP contribution in [0.25, 0.3) is 0 Å². The molecule has 2 rings (SSSR count). The van der Waals surface area contributed by atoms with Crippen LogP contribution in [0.15, 0.2) is 18.2 Å². The molecule has 1 fully saturated rings. The van der Waals surface area contributed by atoms with Gasteiger partial charge in [0, 0.05) is 5.56 Å². The van der Waals surface area contributed by atoms with Gasteiger partial charge in [-0.25, -0.2) is 0 Å². The van der Waals surface area contributed by atoms with E-state index in [1.165, 1.54) is 43.2 Å². The maximum Gasteiger partial charge on any atom is 0.119 e. The molecule has 1 nitrogen and oxygen atoms in total. The highest BCUT2D eigenvalue weighted by molar-refractivity contribution is 5.42. The Hall–Kier alpha value is -0.980.